The van der Waals surface area contributed by atoms with Gasteiger partial charge in [0.2, 0.25) is 0 Å². The van der Waals surface area contributed by atoms with E-state index >= 15 is 0 Å². The first-order valence-electron chi connectivity index (χ1n) is 5.01. The van der Waals surface area contributed by atoms with Gasteiger partial charge in [0.15, 0.2) is 0 Å². The van der Waals surface area contributed by atoms with E-state index in [-0.39, 0.29) is 0 Å². The number of halogens is 1. The maximum absolute atomic E-state index is 4.23. The molecule has 0 atom stereocenters. The lowest BCUT2D eigenvalue weighted by atomic mass is 10.2. The summed E-state index contributed by atoms with van der Waals surface area (Å²) < 4.78 is 0.887. The van der Waals surface area contributed by atoms with Crippen LogP contribution >= 0.6 is 15.9 Å². The Morgan fingerprint density at radius 1 is 1.38 bits per heavy atom. The maximum atomic E-state index is 4.23. The van der Waals surface area contributed by atoms with Gasteiger partial charge in [-0.25, -0.2) is 4.98 Å². The molecule has 5 heteroatoms. The third-order valence-corrected chi connectivity index (χ3v) is 3.26. The molecule has 0 radical (unpaired) electrons. The van der Waals surface area contributed by atoms with Gasteiger partial charge in [-0.2, -0.15) is 5.10 Å². The normalized spacial score (nSPS) is 10.4. The van der Waals surface area contributed by atoms with Crippen LogP contribution in [0.4, 0.5) is 5.69 Å². The van der Waals surface area contributed by atoms with Crippen LogP contribution in [0.5, 0.6) is 0 Å². The molecule has 0 amide bonds. The molecule has 84 valence electrons. The zero-order valence-corrected chi connectivity index (χ0v) is 10.8. The molecule has 0 saturated heterocycles. The van der Waals surface area contributed by atoms with Crippen LogP contribution < -0.4 is 5.32 Å². The summed E-state index contributed by atoms with van der Waals surface area (Å²) in [6.07, 6.45) is 3.65. The number of pyridine rings is 1. The Morgan fingerprint density at radius 3 is 2.81 bits per heavy atom. The van der Waals surface area contributed by atoms with Crippen molar-refractivity contribution in [2.45, 2.75) is 20.4 Å². The summed E-state index contributed by atoms with van der Waals surface area (Å²) in [7, 11) is 0. The summed E-state index contributed by atoms with van der Waals surface area (Å²) in [5.74, 6) is 0. The molecule has 2 aromatic heterocycles. The number of nitrogens with one attached hydrogen (secondary N) is 2. The summed E-state index contributed by atoms with van der Waals surface area (Å²) in [6, 6.07) is 2.06. The molecule has 0 aromatic carbocycles. The van der Waals surface area contributed by atoms with Crippen LogP contribution in [0.2, 0.25) is 0 Å². The number of aryl methyl sites for hydroxylation is 2. The van der Waals surface area contributed by atoms with Crippen molar-refractivity contribution in [2.24, 2.45) is 0 Å². The second-order valence-electron chi connectivity index (χ2n) is 3.71. The van der Waals surface area contributed by atoms with Gasteiger partial charge in [0, 0.05) is 17.8 Å². The number of aromatic nitrogens is 3. The number of nitrogens with zero attached hydrogens (tertiary/aromatic N) is 2. The summed E-state index contributed by atoms with van der Waals surface area (Å²) in [5.41, 5.74) is 4.39. The Balaban J connectivity index is 2.05. The van der Waals surface area contributed by atoms with Crippen LogP contribution in [0.3, 0.4) is 0 Å². The van der Waals surface area contributed by atoms with Gasteiger partial charge < -0.3 is 5.32 Å². The van der Waals surface area contributed by atoms with E-state index in [9.17, 15) is 0 Å². The molecule has 0 spiro atoms. The molecule has 0 unspecified atom stereocenters. The first-order chi connectivity index (χ1) is 7.66. The fraction of sp³-hybridized carbons (Fsp3) is 0.273. The number of anilines is 1. The van der Waals surface area contributed by atoms with Crippen molar-refractivity contribution in [3.63, 3.8) is 0 Å². The van der Waals surface area contributed by atoms with Crippen LogP contribution in [0.25, 0.3) is 0 Å². The molecule has 0 fully saturated rings. The van der Waals surface area contributed by atoms with E-state index in [1.54, 1.807) is 0 Å². The fourth-order valence-corrected chi connectivity index (χ4v) is 1.62. The maximum Gasteiger partial charge on any atom is 0.109 e. The van der Waals surface area contributed by atoms with Crippen molar-refractivity contribution in [1.82, 2.24) is 15.2 Å². The lowest BCUT2D eigenvalue weighted by Crippen LogP contribution is -2.00. The molecule has 2 aromatic rings. The quantitative estimate of drug-likeness (QED) is 0.851. The van der Waals surface area contributed by atoms with Crippen LogP contribution in [0, 0.1) is 13.8 Å². The zero-order chi connectivity index (χ0) is 11.5. The highest BCUT2D eigenvalue weighted by atomic mass is 79.9. The van der Waals surface area contributed by atoms with Gasteiger partial charge >= 0.3 is 0 Å². The second-order valence-corrected chi connectivity index (χ2v) is 4.46. The van der Waals surface area contributed by atoms with E-state index in [1.165, 1.54) is 5.56 Å². The fourth-order valence-electron chi connectivity index (χ4n) is 1.41. The topological polar surface area (TPSA) is 53.6 Å². The van der Waals surface area contributed by atoms with Crippen LogP contribution in [-0.4, -0.2) is 15.2 Å². The van der Waals surface area contributed by atoms with E-state index in [1.807, 2.05) is 26.2 Å². The van der Waals surface area contributed by atoms with E-state index in [0.717, 1.165) is 28.1 Å². The highest BCUT2D eigenvalue weighted by Crippen LogP contribution is 2.17. The highest BCUT2D eigenvalue weighted by Gasteiger charge is 2.01. The molecule has 0 saturated carbocycles. The molecule has 0 aliphatic carbocycles. The number of aromatic amines is 1. The van der Waals surface area contributed by atoms with Crippen molar-refractivity contribution in [2.75, 3.05) is 5.32 Å². The lowest BCUT2D eigenvalue weighted by molar-refractivity contribution is 1.04. The monoisotopic (exact) mass is 280 g/mol. The summed E-state index contributed by atoms with van der Waals surface area (Å²) in [6.45, 7) is 4.78. The molecule has 4 nitrogen and oxygen atoms in total. The third-order valence-electron chi connectivity index (χ3n) is 2.43. The Labute approximate surface area is 103 Å². The molecule has 2 rings (SSSR count). The van der Waals surface area contributed by atoms with E-state index in [2.05, 4.69) is 42.5 Å². The average Bonchev–Trinajstić information content (AvgIpc) is 2.66. The Hall–Kier alpha value is -1.36. The number of hydrogen-bond donors (Lipinski definition) is 2. The molecular formula is C11H13BrN4. The van der Waals surface area contributed by atoms with E-state index < -0.39 is 0 Å². The molecular weight excluding hydrogens is 268 g/mol. The van der Waals surface area contributed by atoms with Gasteiger partial charge in [-0.15, -0.1) is 0 Å². The average molecular weight is 281 g/mol. The van der Waals surface area contributed by atoms with Crippen LogP contribution in [-0.2, 0) is 6.54 Å². The molecule has 2 N–H and O–H groups in total. The minimum atomic E-state index is 0.755. The molecule has 0 bridgehead atoms. The molecule has 0 aliphatic rings. The van der Waals surface area contributed by atoms with Crippen molar-refractivity contribution >= 4 is 21.6 Å². The van der Waals surface area contributed by atoms with E-state index in [0.29, 0.717) is 0 Å². The van der Waals surface area contributed by atoms with Gasteiger partial charge in [0.05, 0.1) is 18.1 Å². The van der Waals surface area contributed by atoms with Crippen molar-refractivity contribution in [1.29, 1.82) is 0 Å². The summed E-state index contributed by atoms with van der Waals surface area (Å²) in [5, 5.41) is 10.2. The van der Waals surface area contributed by atoms with Crippen LogP contribution in [0.15, 0.2) is 23.1 Å². The number of rotatable bonds is 3. The largest absolute Gasteiger partial charge is 0.380 e. The van der Waals surface area contributed by atoms with Crippen molar-refractivity contribution in [3.8, 4) is 0 Å². The van der Waals surface area contributed by atoms with Crippen LogP contribution in [0.1, 0.15) is 16.8 Å². The van der Waals surface area contributed by atoms with Gasteiger partial charge in [-0.3, -0.25) is 5.10 Å². The number of hydrogen-bond acceptors (Lipinski definition) is 3. The highest BCUT2D eigenvalue weighted by molar-refractivity contribution is 9.10. The van der Waals surface area contributed by atoms with Gasteiger partial charge in [0.25, 0.3) is 0 Å². The lowest BCUT2D eigenvalue weighted by Gasteiger charge is -2.06. The smallest absolute Gasteiger partial charge is 0.109 e. The second kappa shape index (κ2) is 4.65. The first kappa shape index (κ1) is 11.1. The number of H-pyrrole nitrogens is 1. The zero-order valence-electron chi connectivity index (χ0n) is 9.21. The van der Waals surface area contributed by atoms with Gasteiger partial charge in [-0.1, -0.05) is 0 Å². The summed E-state index contributed by atoms with van der Waals surface area (Å²) >= 11 is 3.38. The minimum absolute atomic E-state index is 0.755. The summed E-state index contributed by atoms with van der Waals surface area (Å²) in [4.78, 5) is 4.23. The van der Waals surface area contributed by atoms with Crippen molar-refractivity contribution < 1.29 is 0 Å². The molecule has 0 aliphatic heterocycles. The Kier molecular flexibility index (Phi) is 3.24. The predicted octanol–water partition coefficient (Wildman–Crippen LogP) is 2.80. The van der Waals surface area contributed by atoms with Crippen molar-refractivity contribution in [3.05, 3.63) is 39.9 Å². The van der Waals surface area contributed by atoms with E-state index in [4.69, 9.17) is 0 Å². The minimum Gasteiger partial charge on any atom is -0.380 e. The Bertz CT molecular complexity index is 492. The molecule has 2 heterocycles. The predicted molar refractivity (Wildman–Crippen MR) is 67.3 cm³/mol. The SMILES string of the molecule is Cc1cc(NCc2cn[nH]c2C)cnc1Br. The third kappa shape index (κ3) is 2.41. The van der Waals surface area contributed by atoms with Gasteiger partial charge in [-0.05, 0) is 41.4 Å². The Morgan fingerprint density at radius 2 is 2.19 bits per heavy atom. The van der Waals surface area contributed by atoms with Gasteiger partial charge in [0.1, 0.15) is 4.60 Å². The first-order valence-corrected chi connectivity index (χ1v) is 5.81. The standard InChI is InChI=1S/C11H13BrN4/c1-7-3-10(6-14-11(7)12)13-4-9-5-15-16-8(9)2/h3,5-6,13H,4H2,1-2H3,(H,15,16). The molecule has 16 heavy (non-hydrogen) atoms.